The van der Waals surface area contributed by atoms with Crippen LogP contribution in [0.3, 0.4) is 0 Å². The number of rotatable bonds is 14. The second kappa shape index (κ2) is 13.4. The molecule has 0 aliphatic rings. The van der Waals surface area contributed by atoms with E-state index in [2.05, 4.69) is 32.6 Å². The van der Waals surface area contributed by atoms with E-state index >= 15 is 0 Å². The summed E-state index contributed by atoms with van der Waals surface area (Å²) in [5.41, 5.74) is 3.11. The van der Waals surface area contributed by atoms with E-state index in [0.29, 0.717) is 24.0 Å². The number of carbonyl (C=O) groups excluding carboxylic acids is 1. The van der Waals surface area contributed by atoms with Gasteiger partial charge in [0.15, 0.2) is 6.10 Å². The van der Waals surface area contributed by atoms with Crippen LogP contribution in [-0.2, 0) is 24.4 Å². The Hall–Kier alpha value is -2.70. The van der Waals surface area contributed by atoms with E-state index in [1.807, 2.05) is 37.3 Å². The first kappa shape index (κ1) is 28.5. The Balaban J connectivity index is 2.06. The number of methoxy groups -OCH3 is 1. The molecule has 0 saturated carbocycles. The predicted molar refractivity (Wildman–Crippen MR) is 139 cm³/mol. The van der Waals surface area contributed by atoms with Crippen molar-refractivity contribution in [2.75, 3.05) is 32.8 Å². The number of aryl methyl sites for hydroxylation is 1. The Morgan fingerprint density at radius 3 is 2.11 bits per heavy atom. The molecule has 0 fully saturated rings. The van der Waals surface area contributed by atoms with Crippen LogP contribution in [0, 0.1) is 6.92 Å². The molecule has 35 heavy (non-hydrogen) atoms. The average molecular weight is 505 g/mol. The van der Waals surface area contributed by atoms with Crippen LogP contribution < -0.4 is 9.47 Å². The van der Waals surface area contributed by atoms with E-state index in [1.165, 1.54) is 6.92 Å². The highest BCUT2D eigenvalue weighted by Crippen LogP contribution is 2.34. The quantitative estimate of drug-likeness (QED) is 0.184. The van der Waals surface area contributed by atoms with Crippen LogP contribution >= 0.6 is 11.6 Å². The first-order valence-electron chi connectivity index (χ1n) is 11.6. The lowest BCUT2D eigenvalue weighted by Gasteiger charge is -2.27. The van der Waals surface area contributed by atoms with Crippen molar-refractivity contribution in [2.45, 2.75) is 52.2 Å². The molecule has 0 aliphatic carbocycles. The molecular weight excluding hydrogens is 468 g/mol. The van der Waals surface area contributed by atoms with Crippen LogP contribution in [0.2, 0.25) is 0 Å². The molecule has 0 bridgehead atoms. The summed E-state index contributed by atoms with van der Waals surface area (Å²) < 4.78 is 27.6. The first-order valence-corrected chi connectivity index (χ1v) is 12.1. The maximum Gasteiger partial charge on any atom is 0.303 e. The monoisotopic (exact) mass is 504 g/mol. The van der Waals surface area contributed by atoms with Gasteiger partial charge in [-0.2, -0.15) is 0 Å². The van der Waals surface area contributed by atoms with Crippen molar-refractivity contribution < 1.29 is 28.5 Å². The lowest BCUT2D eigenvalue weighted by Crippen LogP contribution is -2.28. The van der Waals surface area contributed by atoms with Crippen molar-refractivity contribution in [3.63, 3.8) is 0 Å². The fourth-order valence-electron chi connectivity index (χ4n) is 3.64. The van der Waals surface area contributed by atoms with E-state index in [4.69, 9.17) is 35.3 Å². The number of carbonyl (C=O) groups is 1. The molecule has 0 radical (unpaired) electrons. The highest BCUT2D eigenvalue weighted by atomic mass is 35.5. The van der Waals surface area contributed by atoms with Gasteiger partial charge in [-0.15, -0.1) is 11.6 Å². The molecule has 2 atom stereocenters. The van der Waals surface area contributed by atoms with Gasteiger partial charge in [0.05, 0.1) is 18.2 Å². The highest BCUT2D eigenvalue weighted by molar-refractivity contribution is 6.18. The van der Waals surface area contributed by atoms with Crippen LogP contribution in [0.1, 0.15) is 44.4 Å². The zero-order valence-electron chi connectivity index (χ0n) is 21.6. The summed E-state index contributed by atoms with van der Waals surface area (Å²) >= 11 is 5.97. The third kappa shape index (κ3) is 8.79. The summed E-state index contributed by atoms with van der Waals surface area (Å²) in [5, 5.41) is 0. The number of hydrogen-bond acceptors (Lipinski definition) is 6. The van der Waals surface area contributed by atoms with Crippen LogP contribution in [0.15, 0.2) is 54.8 Å². The van der Waals surface area contributed by atoms with E-state index in [-0.39, 0.29) is 30.7 Å². The lowest BCUT2D eigenvalue weighted by molar-refractivity contribution is -0.150. The van der Waals surface area contributed by atoms with Gasteiger partial charge in [-0.05, 0) is 48.7 Å². The average Bonchev–Trinajstić information content (AvgIpc) is 2.80. The van der Waals surface area contributed by atoms with Gasteiger partial charge in [0, 0.05) is 19.4 Å². The van der Waals surface area contributed by atoms with Crippen molar-refractivity contribution in [3.05, 3.63) is 71.5 Å². The van der Waals surface area contributed by atoms with E-state index in [0.717, 1.165) is 22.4 Å². The Bertz CT molecular complexity index is 970. The normalized spacial score (nSPS) is 13.0. The van der Waals surface area contributed by atoms with Crippen LogP contribution in [-0.4, -0.2) is 51.0 Å². The minimum atomic E-state index is -0.454. The summed E-state index contributed by atoms with van der Waals surface area (Å²) in [7, 11) is 1.56. The fraction of sp³-hybridized carbons (Fsp3) is 0.464. The lowest BCUT2D eigenvalue weighted by atomic mass is 9.77. The fourth-order valence-corrected chi connectivity index (χ4v) is 3.79. The van der Waals surface area contributed by atoms with Crippen molar-refractivity contribution in [1.82, 2.24) is 0 Å². The second-order valence-electron chi connectivity index (χ2n) is 9.03. The van der Waals surface area contributed by atoms with Crippen molar-refractivity contribution >= 4 is 17.6 Å². The molecule has 2 rings (SSSR count). The summed E-state index contributed by atoms with van der Waals surface area (Å²) in [6, 6.07) is 14.2. The molecule has 0 heterocycles. The van der Waals surface area contributed by atoms with Gasteiger partial charge in [-0.3, -0.25) is 4.79 Å². The molecule has 192 valence electrons. The molecule has 0 spiro atoms. The molecule has 2 aromatic carbocycles. The minimum absolute atomic E-state index is 0.221. The van der Waals surface area contributed by atoms with Gasteiger partial charge < -0.3 is 23.7 Å². The van der Waals surface area contributed by atoms with Gasteiger partial charge in [-0.25, -0.2) is 0 Å². The maximum absolute atomic E-state index is 11.2. The van der Waals surface area contributed by atoms with Gasteiger partial charge >= 0.3 is 5.97 Å². The summed E-state index contributed by atoms with van der Waals surface area (Å²) in [4.78, 5) is 11.2. The third-order valence-corrected chi connectivity index (χ3v) is 5.90. The topological polar surface area (TPSA) is 63.2 Å². The Morgan fingerprint density at radius 1 is 0.943 bits per heavy atom. The largest absolute Gasteiger partial charge is 0.491 e. The molecule has 0 aliphatic heterocycles. The Labute approximate surface area is 214 Å². The summed E-state index contributed by atoms with van der Waals surface area (Å²) in [5.74, 6) is 2.07. The van der Waals surface area contributed by atoms with Crippen LogP contribution in [0.25, 0.3) is 0 Å². The van der Waals surface area contributed by atoms with Gasteiger partial charge in [0.2, 0.25) is 0 Å². The molecule has 0 amide bonds. The molecule has 0 N–H and O–H groups in total. The zero-order chi connectivity index (χ0) is 26.0. The van der Waals surface area contributed by atoms with Crippen molar-refractivity contribution in [3.8, 4) is 11.5 Å². The highest BCUT2D eigenvalue weighted by Gasteiger charge is 2.24. The van der Waals surface area contributed by atoms with E-state index in [1.54, 1.807) is 14.0 Å². The van der Waals surface area contributed by atoms with Gasteiger partial charge in [0.25, 0.3) is 0 Å². The second-order valence-corrected chi connectivity index (χ2v) is 9.34. The molecular formula is C28H37ClO6. The molecule has 0 saturated heterocycles. The number of esters is 1. The number of alkyl halides is 1. The molecule has 0 aromatic heterocycles. The third-order valence-electron chi connectivity index (χ3n) is 5.56. The van der Waals surface area contributed by atoms with Gasteiger partial charge in [0.1, 0.15) is 30.8 Å². The number of ether oxygens (including phenoxy) is 5. The van der Waals surface area contributed by atoms with Crippen molar-refractivity contribution in [2.24, 2.45) is 0 Å². The minimum Gasteiger partial charge on any atom is -0.491 e. The van der Waals surface area contributed by atoms with Crippen LogP contribution in [0.5, 0.6) is 11.5 Å². The molecule has 2 aromatic rings. The molecule has 6 nitrogen and oxygen atoms in total. The van der Waals surface area contributed by atoms with Crippen molar-refractivity contribution in [1.29, 1.82) is 0 Å². The van der Waals surface area contributed by atoms with E-state index < -0.39 is 6.10 Å². The Morgan fingerprint density at radius 2 is 1.57 bits per heavy atom. The van der Waals surface area contributed by atoms with Crippen LogP contribution in [0.4, 0.5) is 0 Å². The molecule has 0 unspecified atom stereocenters. The number of allylic oxidation sites excluding steroid dienone is 1. The van der Waals surface area contributed by atoms with E-state index in [9.17, 15) is 4.79 Å². The summed E-state index contributed by atoms with van der Waals surface area (Å²) in [6.45, 7) is 14.2. The molecule has 7 heteroatoms. The summed E-state index contributed by atoms with van der Waals surface area (Å²) in [6.07, 6.45) is -0.700. The number of hydrogen-bond donors (Lipinski definition) is 0. The first-order chi connectivity index (χ1) is 16.6. The van der Waals surface area contributed by atoms with Gasteiger partial charge in [-0.1, -0.05) is 44.7 Å². The number of benzene rings is 2. The SMILES string of the molecule is C=C(C)O[C@@H](CCl)COc1ccc(C(C)(C)c2ccc(OC[C@@H](COC)OC(C)=O)cc2)cc1C. The smallest absolute Gasteiger partial charge is 0.303 e. The Kier molecular flexibility index (Phi) is 10.9. The zero-order valence-corrected chi connectivity index (χ0v) is 22.3. The number of halogens is 1. The maximum atomic E-state index is 11.2. The predicted octanol–water partition coefficient (Wildman–Crippen LogP) is 5.81. The standard InChI is InChI=1S/C28H37ClO6/c1-19(2)34-25(15-29)17-33-27-13-10-23(14-20(27)3)28(5,6)22-8-11-24(12-9-22)32-18-26(16-31-7)35-21(4)30/h8-14,25-26H,1,15-18H2,2-7H3/t25-,26+/m0/s1.